The third kappa shape index (κ3) is 2.60. The molecule has 1 aliphatic rings. The minimum atomic E-state index is -0.777. The molecule has 0 aliphatic heterocycles. The number of nitrogens with zero attached hydrogens (tertiary/aromatic N) is 1. The van der Waals surface area contributed by atoms with Crippen molar-refractivity contribution in [3.63, 3.8) is 0 Å². The zero-order chi connectivity index (χ0) is 14.6. The lowest BCUT2D eigenvalue weighted by atomic mass is 9.87. The van der Waals surface area contributed by atoms with Crippen LogP contribution in [0, 0.1) is 5.82 Å². The van der Waals surface area contributed by atoms with Gasteiger partial charge in [0.2, 0.25) is 6.08 Å². The van der Waals surface area contributed by atoms with E-state index in [0.29, 0.717) is 30.8 Å². The summed E-state index contributed by atoms with van der Waals surface area (Å²) in [6.45, 7) is 0.317. The second-order valence-electron chi connectivity index (χ2n) is 5.02. The molecule has 0 radical (unpaired) electrons. The molecule has 0 bridgehead atoms. The van der Waals surface area contributed by atoms with Crippen molar-refractivity contribution in [2.24, 2.45) is 4.99 Å². The van der Waals surface area contributed by atoms with Gasteiger partial charge >= 0.3 is 0 Å². The molecule has 0 spiro atoms. The van der Waals surface area contributed by atoms with Crippen LogP contribution < -0.4 is 4.74 Å². The molecule has 5 heteroatoms. The van der Waals surface area contributed by atoms with E-state index in [1.54, 1.807) is 19.3 Å². The van der Waals surface area contributed by atoms with Crippen LogP contribution in [-0.4, -0.2) is 20.3 Å². The fourth-order valence-corrected chi connectivity index (χ4v) is 2.90. The van der Waals surface area contributed by atoms with E-state index in [1.807, 2.05) is 0 Å². The smallest absolute Gasteiger partial charge is 0.235 e. The van der Waals surface area contributed by atoms with Crippen molar-refractivity contribution in [2.75, 3.05) is 14.2 Å². The van der Waals surface area contributed by atoms with E-state index in [2.05, 4.69) is 4.99 Å². The summed E-state index contributed by atoms with van der Waals surface area (Å²) in [4.78, 5) is 14.6. The first kappa shape index (κ1) is 14.7. The Labute approximate surface area is 117 Å². The van der Waals surface area contributed by atoms with Gasteiger partial charge in [0.25, 0.3) is 0 Å². The minimum absolute atomic E-state index is 0.317. The monoisotopic (exact) mass is 279 g/mol. The van der Waals surface area contributed by atoms with Crippen molar-refractivity contribution < 1.29 is 18.7 Å². The van der Waals surface area contributed by atoms with Crippen molar-refractivity contribution in [3.05, 3.63) is 29.1 Å². The highest BCUT2D eigenvalue weighted by Gasteiger charge is 2.38. The van der Waals surface area contributed by atoms with Crippen molar-refractivity contribution in [1.82, 2.24) is 0 Å². The Hall–Kier alpha value is -1.71. The lowest BCUT2D eigenvalue weighted by Gasteiger charge is -2.24. The molecule has 0 atom stereocenters. The van der Waals surface area contributed by atoms with Gasteiger partial charge in [-0.3, -0.25) is 0 Å². The number of halogens is 1. The minimum Gasteiger partial charge on any atom is -0.496 e. The summed E-state index contributed by atoms with van der Waals surface area (Å²) in [5.41, 5.74) is 0.408. The number of hydrogen-bond acceptors (Lipinski definition) is 4. The number of rotatable bonds is 5. The molecular formula is C15H18FNO3. The number of methoxy groups -OCH3 is 2. The van der Waals surface area contributed by atoms with Gasteiger partial charge in [-0.05, 0) is 18.9 Å². The molecule has 0 heterocycles. The van der Waals surface area contributed by atoms with Crippen LogP contribution in [0.5, 0.6) is 5.75 Å². The molecule has 0 aromatic heterocycles. The van der Waals surface area contributed by atoms with Crippen LogP contribution in [0.2, 0.25) is 0 Å². The predicted molar refractivity (Wildman–Crippen MR) is 71.9 cm³/mol. The number of benzene rings is 1. The second kappa shape index (κ2) is 6.16. The van der Waals surface area contributed by atoms with Crippen LogP contribution in [0.3, 0.4) is 0 Å². The lowest BCUT2D eigenvalue weighted by Crippen LogP contribution is -2.21. The highest BCUT2D eigenvalue weighted by Crippen LogP contribution is 2.44. The molecular weight excluding hydrogens is 261 g/mol. The first-order valence-electron chi connectivity index (χ1n) is 6.61. The Bertz CT molecular complexity index is 532. The maximum absolute atomic E-state index is 14.4. The second-order valence-corrected chi connectivity index (χ2v) is 5.02. The fourth-order valence-electron chi connectivity index (χ4n) is 2.90. The average molecular weight is 279 g/mol. The van der Waals surface area contributed by atoms with Gasteiger partial charge in [-0.25, -0.2) is 9.18 Å². The fraction of sp³-hybridized carbons (Fsp3) is 0.533. The van der Waals surface area contributed by atoms with Gasteiger partial charge < -0.3 is 9.47 Å². The summed E-state index contributed by atoms with van der Waals surface area (Å²) < 4.78 is 24.6. The largest absolute Gasteiger partial charge is 0.496 e. The average Bonchev–Trinajstić information content (AvgIpc) is 2.90. The number of ether oxygens (including phenoxy) is 2. The Kier molecular flexibility index (Phi) is 4.53. The van der Waals surface area contributed by atoms with Gasteiger partial charge in [-0.15, -0.1) is 0 Å². The van der Waals surface area contributed by atoms with Crippen molar-refractivity contribution in [3.8, 4) is 5.75 Å². The van der Waals surface area contributed by atoms with Crippen molar-refractivity contribution >= 4 is 6.08 Å². The lowest BCUT2D eigenvalue weighted by molar-refractivity contribution is 0.181. The Morgan fingerprint density at radius 1 is 1.35 bits per heavy atom. The molecule has 0 amide bonds. The van der Waals surface area contributed by atoms with E-state index in [-0.39, 0.29) is 0 Å². The SMILES string of the molecule is COCc1cc(C2(N=C=O)CCCC2)c(F)cc1OC. The Morgan fingerprint density at radius 2 is 2.05 bits per heavy atom. The maximum Gasteiger partial charge on any atom is 0.235 e. The summed E-state index contributed by atoms with van der Waals surface area (Å²) >= 11 is 0. The number of carbonyl (C=O) groups excluding carboxylic acids is 1. The van der Waals surface area contributed by atoms with E-state index in [9.17, 15) is 9.18 Å². The number of aliphatic imine (C=N–C) groups is 1. The van der Waals surface area contributed by atoms with Gasteiger partial charge in [-0.2, -0.15) is 4.99 Å². The molecule has 0 unspecified atom stereocenters. The van der Waals surface area contributed by atoms with Gasteiger partial charge in [0, 0.05) is 24.3 Å². The van der Waals surface area contributed by atoms with Gasteiger partial charge in [-0.1, -0.05) is 12.8 Å². The number of isocyanates is 1. The molecule has 1 aliphatic carbocycles. The molecule has 1 aromatic rings. The van der Waals surface area contributed by atoms with E-state index in [0.717, 1.165) is 18.4 Å². The standard InChI is InChI=1S/C15H18FNO3/c1-19-9-11-7-12(13(16)8-14(11)20-2)15(17-10-18)5-3-4-6-15/h7-8H,3-6,9H2,1-2H3. The summed E-state index contributed by atoms with van der Waals surface area (Å²) in [6, 6.07) is 3.04. The summed E-state index contributed by atoms with van der Waals surface area (Å²) in [5, 5.41) is 0. The molecule has 2 rings (SSSR count). The zero-order valence-corrected chi connectivity index (χ0v) is 11.7. The third-order valence-electron chi connectivity index (χ3n) is 3.86. The van der Waals surface area contributed by atoms with Crippen LogP contribution >= 0.6 is 0 Å². The van der Waals surface area contributed by atoms with Crippen LogP contribution in [0.4, 0.5) is 4.39 Å². The van der Waals surface area contributed by atoms with Gasteiger partial charge in [0.05, 0.1) is 13.7 Å². The first-order chi connectivity index (χ1) is 9.66. The number of hydrogen-bond donors (Lipinski definition) is 0. The first-order valence-corrected chi connectivity index (χ1v) is 6.61. The van der Waals surface area contributed by atoms with E-state index in [4.69, 9.17) is 9.47 Å². The predicted octanol–water partition coefficient (Wildman–Crippen LogP) is 3.09. The van der Waals surface area contributed by atoms with E-state index in [1.165, 1.54) is 13.2 Å². The van der Waals surface area contributed by atoms with Crippen molar-refractivity contribution in [2.45, 2.75) is 37.8 Å². The normalized spacial score (nSPS) is 16.8. The van der Waals surface area contributed by atoms with Crippen LogP contribution in [0.15, 0.2) is 17.1 Å². The summed E-state index contributed by atoms with van der Waals surface area (Å²) in [6.07, 6.45) is 4.78. The maximum atomic E-state index is 14.4. The molecule has 1 aromatic carbocycles. The van der Waals surface area contributed by atoms with E-state index < -0.39 is 11.4 Å². The molecule has 108 valence electrons. The highest BCUT2D eigenvalue weighted by atomic mass is 19.1. The zero-order valence-electron chi connectivity index (χ0n) is 11.7. The van der Waals surface area contributed by atoms with Gasteiger partial charge in [0.1, 0.15) is 17.1 Å². The Morgan fingerprint density at radius 3 is 2.60 bits per heavy atom. The third-order valence-corrected chi connectivity index (χ3v) is 3.86. The van der Waals surface area contributed by atoms with Crippen LogP contribution in [-0.2, 0) is 21.7 Å². The summed E-state index contributed by atoms with van der Waals surface area (Å²) in [7, 11) is 3.06. The van der Waals surface area contributed by atoms with Gasteiger partial charge in [0.15, 0.2) is 0 Å². The molecule has 4 nitrogen and oxygen atoms in total. The molecule has 0 saturated heterocycles. The van der Waals surface area contributed by atoms with E-state index >= 15 is 0 Å². The molecule has 1 fully saturated rings. The van der Waals surface area contributed by atoms with Crippen molar-refractivity contribution in [1.29, 1.82) is 0 Å². The van der Waals surface area contributed by atoms with Crippen LogP contribution in [0.25, 0.3) is 0 Å². The molecule has 1 saturated carbocycles. The summed E-state index contributed by atoms with van der Waals surface area (Å²) in [5.74, 6) is 0.0407. The molecule has 0 N–H and O–H groups in total. The molecule has 20 heavy (non-hydrogen) atoms. The van der Waals surface area contributed by atoms with Crippen LogP contribution in [0.1, 0.15) is 36.8 Å². The Balaban J connectivity index is 2.54. The topological polar surface area (TPSA) is 47.9 Å². The quantitative estimate of drug-likeness (QED) is 0.614. The highest BCUT2D eigenvalue weighted by molar-refractivity contribution is 5.44.